The summed E-state index contributed by atoms with van der Waals surface area (Å²) in [6.07, 6.45) is 1.58. The van der Waals surface area contributed by atoms with Gasteiger partial charge in [0.1, 0.15) is 11.6 Å². The first kappa shape index (κ1) is 14.5. The minimum atomic E-state index is -0.504. The Hall–Kier alpha value is -1.95. The molecule has 20 heavy (non-hydrogen) atoms. The first-order valence-electron chi connectivity index (χ1n) is 5.87. The first-order valence-corrected chi connectivity index (χ1v) is 6.67. The Bertz CT molecular complexity index is 665. The maximum atomic E-state index is 13.6. The van der Waals surface area contributed by atoms with Crippen molar-refractivity contribution >= 4 is 33.3 Å². The van der Waals surface area contributed by atoms with Gasteiger partial charge in [-0.25, -0.2) is 9.37 Å². The minimum Gasteiger partial charge on any atom is -0.398 e. The third-order valence-corrected chi connectivity index (χ3v) is 3.36. The molecule has 0 unspecified atom stereocenters. The Morgan fingerprint density at radius 2 is 2.05 bits per heavy atom. The SMILES string of the molecule is Cc1cc(Br)cnc1NC(=O)c1cc(N)c(C)c(F)c1. The van der Waals surface area contributed by atoms with E-state index in [-0.39, 0.29) is 11.3 Å². The number of nitrogens with one attached hydrogen (secondary N) is 1. The fourth-order valence-electron chi connectivity index (χ4n) is 1.68. The average molecular weight is 338 g/mol. The Morgan fingerprint density at radius 1 is 1.35 bits per heavy atom. The number of nitrogens with zero attached hydrogens (tertiary/aromatic N) is 1. The Labute approximate surface area is 124 Å². The van der Waals surface area contributed by atoms with E-state index in [0.717, 1.165) is 16.1 Å². The van der Waals surface area contributed by atoms with Gasteiger partial charge in [0.2, 0.25) is 0 Å². The van der Waals surface area contributed by atoms with E-state index in [4.69, 9.17) is 5.73 Å². The number of halogens is 2. The summed E-state index contributed by atoms with van der Waals surface area (Å²) in [7, 11) is 0. The lowest BCUT2D eigenvalue weighted by Gasteiger charge is -2.09. The molecule has 4 nitrogen and oxygen atoms in total. The average Bonchev–Trinajstić information content (AvgIpc) is 2.38. The van der Waals surface area contributed by atoms with Gasteiger partial charge in [-0.1, -0.05) is 0 Å². The van der Waals surface area contributed by atoms with E-state index in [1.54, 1.807) is 13.1 Å². The van der Waals surface area contributed by atoms with Crippen molar-refractivity contribution in [2.45, 2.75) is 13.8 Å². The maximum absolute atomic E-state index is 13.6. The van der Waals surface area contributed by atoms with E-state index in [1.165, 1.54) is 6.07 Å². The van der Waals surface area contributed by atoms with Gasteiger partial charge in [0.25, 0.3) is 5.91 Å². The number of nitrogen functional groups attached to an aromatic ring is 1. The quantitative estimate of drug-likeness (QED) is 0.825. The molecule has 0 radical (unpaired) electrons. The number of benzene rings is 1. The highest BCUT2D eigenvalue weighted by molar-refractivity contribution is 9.10. The third-order valence-electron chi connectivity index (χ3n) is 2.92. The zero-order chi connectivity index (χ0) is 14.9. The van der Waals surface area contributed by atoms with Crippen LogP contribution in [0.4, 0.5) is 15.9 Å². The maximum Gasteiger partial charge on any atom is 0.257 e. The van der Waals surface area contributed by atoms with Crippen LogP contribution < -0.4 is 11.1 Å². The molecule has 1 heterocycles. The van der Waals surface area contributed by atoms with Crippen molar-refractivity contribution in [1.29, 1.82) is 0 Å². The fourth-order valence-corrected chi connectivity index (χ4v) is 2.13. The molecule has 0 fully saturated rings. The lowest BCUT2D eigenvalue weighted by Crippen LogP contribution is -2.15. The Balaban J connectivity index is 2.28. The van der Waals surface area contributed by atoms with Crippen molar-refractivity contribution in [3.05, 3.63) is 51.4 Å². The smallest absolute Gasteiger partial charge is 0.257 e. The summed E-state index contributed by atoms with van der Waals surface area (Å²) in [4.78, 5) is 16.2. The number of carbonyl (C=O) groups excluding carboxylic acids is 1. The molecule has 0 aliphatic rings. The van der Waals surface area contributed by atoms with Gasteiger partial charge in [0.15, 0.2) is 0 Å². The van der Waals surface area contributed by atoms with Crippen LogP contribution >= 0.6 is 15.9 Å². The van der Waals surface area contributed by atoms with Gasteiger partial charge in [-0.2, -0.15) is 0 Å². The molecule has 0 spiro atoms. The molecule has 0 bridgehead atoms. The summed E-state index contributed by atoms with van der Waals surface area (Å²) >= 11 is 3.29. The van der Waals surface area contributed by atoms with Crippen molar-refractivity contribution in [3.63, 3.8) is 0 Å². The highest BCUT2D eigenvalue weighted by atomic mass is 79.9. The molecule has 6 heteroatoms. The van der Waals surface area contributed by atoms with E-state index < -0.39 is 11.7 Å². The van der Waals surface area contributed by atoms with Gasteiger partial charge >= 0.3 is 0 Å². The topological polar surface area (TPSA) is 68.0 Å². The van der Waals surface area contributed by atoms with E-state index in [2.05, 4.69) is 26.2 Å². The van der Waals surface area contributed by atoms with E-state index in [1.807, 2.05) is 13.0 Å². The summed E-state index contributed by atoms with van der Waals surface area (Å²) in [5.41, 5.74) is 7.20. The molecular formula is C14H13BrFN3O. The zero-order valence-corrected chi connectivity index (χ0v) is 12.6. The number of hydrogen-bond acceptors (Lipinski definition) is 3. The molecule has 2 aromatic rings. The van der Waals surface area contributed by atoms with Crippen LogP contribution in [0.5, 0.6) is 0 Å². The number of rotatable bonds is 2. The van der Waals surface area contributed by atoms with Crippen LogP contribution in [0.15, 0.2) is 28.9 Å². The second-order valence-electron chi connectivity index (χ2n) is 4.45. The van der Waals surface area contributed by atoms with Gasteiger partial charge in [-0.15, -0.1) is 0 Å². The molecule has 1 aromatic carbocycles. The number of nitrogens with two attached hydrogens (primary N) is 1. The molecule has 0 aliphatic heterocycles. The monoisotopic (exact) mass is 337 g/mol. The van der Waals surface area contributed by atoms with Crippen LogP contribution in [-0.2, 0) is 0 Å². The predicted molar refractivity (Wildman–Crippen MR) is 80.2 cm³/mol. The molecule has 1 amide bonds. The number of aryl methyl sites for hydroxylation is 1. The molecule has 2 rings (SSSR count). The molecular weight excluding hydrogens is 325 g/mol. The summed E-state index contributed by atoms with van der Waals surface area (Å²) in [6.45, 7) is 3.38. The number of carbonyl (C=O) groups is 1. The van der Waals surface area contributed by atoms with Gasteiger partial charge < -0.3 is 11.1 Å². The summed E-state index contributed by atoms with van der Waals surface area (Å²) in [5.74, 6) is -0.526. The van der Waals surface area contributed by atoms with Gasteiger partial charge in [-0.05, 0) is 53.5 Å². The van der Waals surface area contributed by atoms with Gasteiger partial charge in [0, 0.05) is 27.5 Å². The standard InChI is InChI=1S/C14H13BrFN3O/c1-7-3-10(15)6-18-13(7)19-14(20)9-4-11(16)8(2)12(17)5-9/h3-6H,17H2,1-2H3,(H,18,19,20). The number of anilines is 2. The minimum absolute atomic E-state index is 0.162. The molecule has 0 saturated heterocycles. The van der Waals surface area contributed by atoms with Crippen molar-refractivity contribution in [2.75, 3.05) is 11.1 Å². The summed E-state index contributed by atoms with van der Waals surface area (Å²) in [6, 6.07) is 4.43. The summed E-state index contributed by atoms with van der Waals surface area (Å²) < 4.78 is 14.4. The van der Waals surface area contributed by atoms with Crippen LogP contribution in [0.25, 0.3) is 0 Å². The summed E-state index contributed by atoms with van der Waals surface area (Å²) in [5, 5.41) is 2.63. The first-order chi connectivity index (χ1) is 9.38. The van der Waals surface area contributed by atoms with Crippen molar-refractivity contribution < 1.29 is 9.18 Å². The normalized spacial score (nSPS) is 10.4. The number of amides is 1. The lowest BCUT2D eigenvalue weighted by atomic mass is 10.1. The van der Waals surface area contributed by atoms with Crippen molar-refractivity contribution in [1.82, 2.24) is 4.98 Å². The number of pyridine rings is 1. The predicted octanol–water partition coefficient (Wildman–Crippen LogP) is 3.43. The van der Waals surface area contributed by atoms with E-state index in [9.17, 15) is 9.18 Å². The van der Waals surface area contributed by atoms with Crippen LogP contribution in [0, 0.1) is 19.7 Å². The molecule has 0 saturated carbocycles. The van der Waals surface area contributed by atoms with Crippen molar-refractivity contribution in [2.24, 2.45) is 0 Å². The third kappa shape index (κ3) is 2.96. The van der Waals surface area contributed by atoms with E-state index in [0.29, 0.717) is 11.4 Å². The van der Waals surface area contributed by atoms with Gasteiger partial charge in [0.05, 0.1) is 0 Å². The fraction of sp³-hybridized carbons (Fsp3) is 0.143. The van der Waals surface area contributed by atoms with Gasteiger partial charge in [-0.3, -0.25) is 4.79 Å². The van der Waals surface area contributed by atoms with Crippen LogP contribution in [0.2, 0.25) is 0 Å². The molecule has 1 aromatic heterocycles. The number of aromatic nitrogens is 1. The molecule has 104 valence electrons. The highest BCUT2D eigenvalue weighted by Gasteiger charge is 2.13. The Morgan fingerprint density at radius 3 is 2.65 bits per heavy atom. The Kier molecular flexibility index (Phi) is 4.04. The van der Waals surface area contributed by atoms with Crippen molar-refractivity contribution in [3.8, 4) is 0 Å². The number of hydrogen-bond donors (Lipinski definition) is 2. The zero-order valence-electron chi connectivity index (χ0n) is 11.0. The second-order valence-corrected chi connectivity index (χ2v) is 5.36. The molecule has 0 aliphatic carbocycles. The molecule has 0 atom stereocenters. The second kappa shape index (κ2) is 5.58. The largest absolute Gasteiger partial charge is 0.398 e. The van der Waals surface area contributed by atoms with E-state index >= 15 is 0 Å². The lowest BCUT2D eigenvalue weighted by molar-refractivity contribution is 0.102. The van der Waals surface area contributed by atoms with Crippen LogP contribution in [-0.4, -0.2) is 10.9 Å². The molecule has 3 N–H and O–H groups in total. The van der Waals surface area contributed by atoms with Crippen LogP contribution in [0.3, 0.4) is 0 Å². The highest BCUT2D eigenvalue weighted by Crippen LogP contribution is 2.20. The van der Waals surface area contributed by atoms with Crippen LogP contribution in [0.1, 0.15) is 21.5 Å².